The summed E-state index contributed by atoms with van der Waals surface area (Å²) in [5.74, 6) is 1.42. The van der Waals surface area contributed by atoms with Gasteiger partial charge in [0.15, 0.2) is 12.4 Å². The number of methoxy groups -OCH3 is 1. The zero-order chi connectivity index (χ0) is 13.5. The Morgan fingerprint density at radius 2 is 1.63 bits per heavy atom. The second kappa shape index (κ2) is 6.59. The molecule has 3 heteroatoms. The zero-order valence-electron chi connectivity index (χ0n) is 10.8. The van der Waals surface area contributed by atoms with Gasteiger partial charge >= 0.3 is 0 Å². The molecule has 19 heavy (non-hydrogen) atoms. The van der Waals surface area contributed by atoms with E-state index < -0.39 is 6.10 Å². The van der Waals surface area contributed by atoms with Gasteiger partial charge in [-0.15, -0.1) is 0 Å². The summed E-state index contributed by atoms with van der Waals surface area (Å²) in [6, 6.07) is 17.0. The summed E-state index contributed by atoms with van der Waals surface area (Å²) in [5, 5.41) is 0. The van der Waals surface area contributed by atoms with Crippen molar-refractivity contribution in [3.63, 3.8) is 0 Å². The molecule has 0 heterocycles. The summed E-state index contributed by atoms with van der Waals surface area (Å²) >= 11 is 0. The molecule has 0 aliphatic heterocycles. The number of ether oxygens (including phenoxy) is 2. The van der Waals surface area contributed by atoms with Gasteiger partial charge in [0.05, 0.1) is 7.11 Å². The molecular weight excluding hydrogens is 240 g/mol. The Bertz CT molecular complexity index is 505. The SMILES string of the molecule is COc1ccc(OC(C=O)Cc2ccccc2)cc1. The number of aldehydes is 1. The van der Waals surface area contributed by atoms with Crippen molar-refractivity contribution in [2.45, 2.75) is 12.5 Å². The largest absolute Gasteiger partial charge is 0.497 e. The maximum absolute atomic E-state index is 11.1. The quantitative estimate of drug-likeness (QED) is 0.745. The third-order valence-electron chi connectivity index (χ3n) is 2.78. The van der Waals surface area contributed by atoms with Crippen molar-refractivity contribution in [1.82, 2.24) is 0 Å². The van der Waals surface area contributed by atoms with Gasteiger partial charge in [-0.05, 0) is 29.8 Å². The molecule has 0 aliphatic carbocycles. The smallest absolute Gasteiger partial charge is 0.160 e. The summed E-state index contributed by atoms with van der Waals surface area (Å²) in [7, 11) is 1.61. The highest BCUT2D eigenvalue weighted by atomic mass is 16.5. The van der Waals surface area contributed by atoms with E-state index in [1.807, 2.05) is 30.3 Å². The van der Waals surface area contributed by atoms with Crippen LogP contribution in [-0.4, -0.2) is 19.5 Å². The minimum absolute atomic E-state index is 0.476. The van der Waals surface area contributed by atoms with Gasteiger partial charge in [0.2, 0.25) is 0 Å². The summed E-state index contributed by atoms with van der Waals surface area (Å²) in [5.41, 5.74) is 1.08. The normalized spacial score (nSPS) is 11.6. The molecule has 3 nitrogen and oxygen atoms in total. The van der Waals surface area contributed by atoms with E-state index >= 15 is 0 Å². The molecule has 0 saturated carbocycles. The van der Waals surface area contributed by atoms with Crippen LogP contribution in [-0.2, 0) is 11.2 Å². The monoisotopic (exact) mass is 256 g/mol. The van der Waals surface area contributed by atoms with Crippen molar-refractivity contribution in [1.29, 1.82) is 0 Å². The van der Waals surface area contributed by atoms with Crippen LogP contribution in [0.4, 0.5) is 0 Å². The number of hydrogen-bond acceptors (Lipinski definition) is 3. The summed E-state index contributed by atoms with van der Waals surface area (Å²) in [6.07, 6.45) is 0.920. The van der Waals surface area contributed by atoms with Gasteiger partial charge in [-0.1, -0.05) is 30.3 Å². The maximum Gasteiger partial charge on any atom is 0.160 e. The molecule has 0 fully saturated rings. The predicted molar refractivity (Wildman–Crippen MR) is 73.6 cm³/mol. The minimum Gasteiger partial charge on any atom is -0.497 e. The summed E-state index contributed by atoms with van der Waals surface area (Å²) in [6.45, 7) is 0. The standard InChI is InChI=1S/C16H16O3/c1-18-14-7-9-15(10-8-14)19-16(12-17)11-13-5-3-2-4-6-13/h2-10,12,16H,11H2,1H3. The molecule has 0 aliphatic rings. The van der Waals surface area contributed by atoms with Crippen LogP contribution in [0.25, 0.3) is 0 Å². The van der Waals surface area contributed by atoms with Crippen LogP contribution in [0.2, 0.25) is 0 Å². The van der Waals surface area contributed by atoms with Crippen LogP contribution in [0, 0.1) is 0 Å². The van der Waals surface area contributed by atoms with Gasteiger partial charge < -0.3 is 9.47 Å². The van der Waals surface area contributed by atoms with Crippen molar-refractivity contribution < 1.29 is 14.3 Å². The molecule has 0 aromatic heterocycles. The fraction of sp³-hybridized carbons (Fsp3) is 0.188. The second-order valence-corrected chi connectivity index (χ2v) is 4.16. The molecule has 2 rings (SSSR count). The number of carbonyl (C=O) groups is 1. The van der Waals surface area contributed by atoms with E-state index in [1.54, 1.807) is 31.4 Å². The number of hydrogen-bond donors (Lipinski definition) is 0. The van der Waals surface area contributed by atoms with E-state index in [1.165, 1.54) is 0 Å². The molecular formula is C16H16O3. The molecule has 0 N–H and O–H groups in total. The Kier molecular flexibility index (Phi) is 4.56. The first-order valence-corrected chi connectivity index (χ1v) is 6.12. The van der Waals surface area contributed by atoms with Crippen LogP contribution >= 0.6 is 0 Å². The fourth-order valence-corrected chi connectivity index (χ4v) is 1.79. The molecule has 98 valence electrons. The van der Waals surface area contributed by atoms with Crippen LogP contribution in [0.3, 0.4) is 0 Å². The molecule has 0 bridgehead atoms. The van der Waals surface area contributed by atoms with E-state index in [4.69, 9.17) is 9.47 Å². The minimum atomic E-state index is -0.476. The van der Waals surface area contributed by atoms with Crippen molar-refractivity contribution in [3.8, 4) is 11.5 Å². The van der Waals surface area contributed by atoms with E-state index in [2.05, 4.69) is 0 Å². The van der Waals surface area contributed by atoms with E-state index in [0.717, 1.165) is 17.6 Å². The van der Waals surface area contributed by atoms with Crippen molar-refractivity contribution >= 4 is 6.29 Å². The molecule has 0 saturated heterocycles. The average Bonchev–Trinajstić information content (AvgIpc) is 2.48. The van der Waals surface area contributed by atoms with Crippen LogP contribution in [0.1, 0.15) is 5.56 Å². The topological polar surface area (TPSA) is 35.5 Å². The molecule has 2 aromatic rings. The van der Waals surface area contributed by atoms with Gasteiger partial charge in [-0.2, -0.15) is 0 Å². The number of benzene rings is 2. The lowest BCUT2D eigenvalue weighted by Gasteiger charge is -2.13. The third-order valence-corrected chi connectivity index (χ3v) is 2.78. The predicted octanol–water partition coefficient (Wildman–Crippen LogP) is 2.88. The fourth-order valence-electron chi connectivity index (χ4n) is 1.79. The third kappa shape index (κ3) is 3.85. The molecule has 1 unspecified atom stereocenters. The Morgan fingerprint density at radius 1 is 1.00 bits per heavy atom. The van der Waals surface area contributed by atoms with E-state index in [0.29, 0.717) is 12.2 Å². The first kappa shape index (κ1) is 13.1. The van der Waals surface area contributed by atoms with Crippen LogP contribution in [0.5, 0.6) is 11.5 Å². The van der Waals surface area contributed by atoms with Gasteiger partial charge in [-0.25, -0.2) is 0 Å². The lowest BCUT2D eigenvalue weighted by atomic mass is 10.1. The van der Waals surface area contributed by atoms with Crippen molar-refractivity contribution in [2.24, 2.45) is 0 Å². The maximum atomic E-state index is 11.1. The molecule has 0 amide bonds. The average molecular weight is 256 g/mol. The van der Waals surface area contributed by atoms with E-state index in [-0.39, 0.29) is 0 Å². The second-order valence-electron chi connectivity index (χ2n) is 4.16. The Hall–Kier alpha value is -2.29. The molecule has 0 spiro atoms. The first-order valence-electron chi connectivity index (χ1n) is 6.12. The highest BCUT2D eigenvalue weighted by Gasteiger charge is 2.10. The van der Waals surface area contributed by atoms with Gasteiger partial charge in [0.1, 0.15) is 11.5 Å². The number of rotatable bonds is 6. The summed E-state index contributed by atoms with van der Waals surface area (Å²) in [4.78, 5) is 11.1. The van der Waals surface area contributed by atoms with Gasteiger partial charge in [0, 0.05) is 6.42 Å². The number of carbonyl (C=O) groups excluding carboxylic acids is 1. The van der Waals surface area contributed by atoms with Gasteiger partial charge in [0.25, 0.3) is 0 Å². The van der Waals surface area contributed by atoms with E-state index in [9.17, 15) is 4.79 Å². The lowest BCUT2D eigenvalue weighted by molar-refractivity contribution is -0.113. The first-order chi connectivity index (χ1) is 9.31. The van der Waals surface area contributed by atoms with Crippen molar-refractivity contribution in [3.05, 3.63) is 60.2 Å². The molecule has 2 aromatic carbocycles. The summed E-state index contributed by atoms with van der Waals surface area (Å²) < 4.78 is 10.7. The van der Waals surface area contributed by atoms with Gasteiger partial charge in [-0.3, -0.25) is 4.79 Å². The lowest BCUT2D eigenvalue weighted by Crippen LogP contribution is -2.21. The molecule has 1 atom stereocenters. The van der Waals surface area contributed by atoms with Crippen LogP contribution in [0.15, 0.2) is 54.6 Å². The highest BCUT2D eigenvalue weighted by molar-refractivity contribution is 5.57. The molecule has 0 radical (unpaired) electrons. The Labute approximate surface area is 112 Å². The Morgan fingerprint density at radius 3 is 2.21 bits per heavy atom. The highest BCUT2D eigenvalue weighted by Crippen LogP contribution is 2.18. The Balaban J connectivity index is 2.00. The van der Waals surface area contributed by atoms with Crippen molar-refractivity contribution in [2.75, 3.05) is 7.11 Å². The van der Waals surface area contributed by atoms with Crippen LogP contribution < -0.4 is 9.47 Å². The zero-order valence-corrected chi connectivity index (χ0v) is 10.8.